The van der Waals surface area contributed by atoms with Crippen molar-refractivity contribution in [1.29, 1.82) is 0 Å². The van der Waals surface area contributed by atoms with Gasteiger partial charge >= 0.3 is 6.03 Å². The van der Waals surface area contributed by atoms with Crippen LogP contribution in [0.15, 0.2) is 78.3 Å². The molecule has 0 aliphatic carbocycles. The predicted molar refractivity (Wildman–Crippen MR) is 143 cm³/mol. The van der Waals surface area contributed by atoms with Gasteiger partial charge < -0.3 is 15.0 Å². The number of carbonyl (C=O) groups is 1. The van der Waals surface area contributed by atoms with Crippen LogP contribution >= 0.6 is 11.3 Å². The molecule has 0 spiro atoms. The van der Waals surface area contributed by atoms with Gasteiger partial charge in [-0.1, -0.05) is 54.1 Å². The zero-order chi connectivity index (χ0) is 24.2. The van der Waals surface area contributed by atoms with Crippen LogP contribution in [0.4, 0.5) is 10.5 Å². The van der Waals surface area contributed by atoms with Crippen molar-refractivity contribution < 1.29 is 9.53 Å². The highest BCUT2D eigenvalue weighted by Crippen LogP contribution is 2.27. The van der Waals surface area contributed by atoms with E-state index in [4.69, 9.17) is 9.72 Å². The molecule has 0 aliphatic rings. The van der Waals surface area contributed by atoms with Crippen LogP contribution in [-0.2, 0) is 11.2 Å². The SMILES string of the molecule is COCCN(CCc1csc2nc(-c3ccc4ccccc4c3)cn12)C(=O)Nc1ccc(C)cc1. The van der Waals surface area contributed by atoms with Gasteiger partial charge in [0, 0.05) is 55.1 Å². The van der Waals surface area contributed by atoms with E-state index < -0.39 is 0 Å². The smallest absolute Gasteiger partial charge is 0.321 e. The van der Waals surface area contributed by atoms with E-state index in [9.17, 15) is 4.79 Å². The monoisotopic (exact) mass is 484 g/mol. The van der Waals surface area contributed by atoms with Crippen LogP contribution in [0.1, 0.15) is 11.3 Å². The van der Waals surface area contributed by atoms with Gasteiger partial charge in [0.15, 0.2) is 4.96 Å². The van der Waals surface area contributed by atoms with Gasteiger partial charge in [0.2, 0.25) is 0 Å². The summed E-state index contributed by atoms with van der Waals surface area (Å²) in [4.78, 5) is 20.6. The van der Waals surface area contributed by atoms with Crippen molar-refractivity contribution in [2.75, 3.05) is 32.1 Å². The average Bonchev–Trinajstić information content (AvgIpc) is 3.47. The number of amides is 2. The molecule has 0 saturated heterocycles. The van der Waals surface area contributed by atoms with Crippen molar-refractivity contribution in [3.8, 4) is 11.3 Å². The number of methoxy groups -OCH3 is 1. The summed E-state index contributed by atoms with van der Waals surface area (Å²) in [7, 11) is 1.65. The molecular formula is C28H28N4O2S. The van der Waals surface area contributed by atoms with Gasteiger partial charge in [0.05, 0.1) is 12.3 Å². The molecule has 0 radical (unpaired) electrons. The number of hydrogen-bond donors (Lipinski definition) is 1. The number of hydrogen-bond acceptors (Lipinski definition) is 4. The normalized spacial score (nSPS) is 11.3. The molecule has 2 aromatic heterocycles. The molecule has 1 N–H and O–H groups in total. The molecule has 0 atom stereocenters. The number of carbonyl (C=O) groups excluding carboxylic acids is 1. The summed E-state index contributed by atoms with van der Waals surface area (Å²) < 4.78 is 7.38. The third kappa shape index (κ3) is 5.21. The molecule has 7 heteroatoms. The molecule has 0 bridgehead atoms. The fourth-order valence-corrected chi connectivity index (χ4v) is 5.01. The lowest BCUT2D eigenvalue weighted by Crippen LogP contribution is -2.38. The Morgan fingerprint density at radius 1 is 1.06 bits per heavy atom. The Morgan fingerprint density at radius 2 is 1.86 bits per heavy atom. The maximum Gasteiger partial charge on any atom is 0.321 e. The largest absolute Gasteiger partial charge is 0.383 e. The second-order valence-corrected chi connectivity index (χ2v) is 9.43. The standard InChI is InChI=1S/C28H28N4O2S/c1-20-7-11-24(12-8-20)29-27(33)31(15-16-34-2)14-13-25-19-35-28-30-26(18-32(25)28)23-10-9-21-5-3-4-6-22(21)17-23/h3-12,17-19H,13-16H2,1-2H3,(H,29,33). The highest BCUT2D eigenvalue weighted by atomic mass is 32.1. The first kappa shape index (κ1) is 23.1. The summed E-state index contributed by atoms with van der Waals surface area (Å²) in [6.45, 7) is 3.61. The Morgan fingerprint density at radius 3 is 2.66 bits per heavy atom. The van der Waals surface area contributed by atoms with E-state index in [1.165, 1.54) is 10.8 Å². The minimum Gasteiger partial charge on any atom is -0.383 e. The molecule has 0 aliphatic heterocycles. The Labute approximate surface area is 208 Å². The van der Waals surface area contributed by atoms with E-state index in [0.29, 0.717) is 19.7 Å². The van der Waals surface area contributed by atoms with E-state index >= 15 is 0 Å². The van der Waals surface area contributed by atoms with Crippen molar-refractivity contribution in [3.05, 3.63) is 89.6 Å². The van der Waals surface area contributed by atoms with Gasteiger partial charge in [-0.2, -0.15) is 0 Å². The maximum absolute atomic E-state index is 13.0. The summed E-state index contributed by atoms with van der Waals surface area (Å²) >= 11 is 1.62. The molecule has 0 fully saturated rings. The minimum atomic E-state index is -0.125. The molecule has 3 aromatic carbocycles. The summed E-state index contributed by atoms with van der Waals surface area (Å²) in [6.07, 6.45) is 2.82. The summed E-state index contributed by atoms with van der Waals surface area (Å²) in [5.41, 5.74) is 5.14. The number of fused-ring (bicyclic) bond motifs is 2. The quantitative estimate of drug-likeness (QED) is 0.283. The van der Waals surface area contributed by atoms with Crippen LogP contribution in [0.2, 0.25) is 0 Å². The third-order valence-corrected chi connectivity index (χ3v) is 7.01. The highest BCUT2D eigenvalue weighted by molar-refractivity contribution is 7.15. The number of nitrogens with one attached hydrogen (secondary N) is 1. The average molecular weight is 485 g/mol. The number of benzene rings is 3. The van der Waals surface area contributed by atoms with E-state index in [2.05, 4.69) is 63.8 Å². The fraction of sp³-hybridized carbons (Fsp3) is 0.214. The second-order valence-electron chi connectivity index (χ2n) is 8.59. The summed E-state index contributed by atoms with van der Waals surface area (Å²) in [5.74, 6) is 0. The number of ether oxygens (including phenoxy) is 1. The van der Waals surface area contributed by atoms with Gasteiger partial charge in [-0.3, -0.25) is 4.40 Å². The summed E-state index contributed by atoms with van der Waals surface area (Å²) in [5, 5.41) is 7.55. The van der Waals surface area contributed by atoms with Gasteiger partial charge in [0.25, 0.3) is 0 Å². The molecular weight excluding hydrogens is 456 g/mol. The van der Waals surface area contributed by atoms with Crippen molar-refractivity contribution in [3.63, 3.8) is 0 Å². The van der Waals surface area contributed by atoms with E-state index in [0.717, 1.165) is 39.6 Å². The molecule has 0 unspecified atom stereocenters. The second kappa shape index (κ2) is 10.3. The third-order valence-electron chi connectivity index (χ3n) is 6.12. The lowest BCUT2D eigenvalue weighted by molar-refractivity contribution is 0.155. The fourth-order valence-electron chi connectivity index (χ4n) is 4.10. The van der Waals surface area contributed by atoms with Gasteiger partial charge in [-0.25, -0.2) is 9.78 Å². The molecule has 5 rings (SSSR count). The molecule has 2 heterocycles. The molecule has 2 amide bonds. The van der Waals surface area contributed by atoms with Crippen LogP contribution in [0.3, 0.4) is 0 Å². The first-order valence-corrected chi connectivity index (χ1v) is 12.5. The Kier molecular flexibility index (Phi) is 6.79. The number of imidazole rings is 1. The molecule has 5 aromatic rings. The number of anilines is 1. The number of rotatable bonds is 8. The van der Waals surface area contributed by atoms with Crippen LogP contribution in [0.5, 0.6) is 0 Å². The zero-order valence-electron chi connectivity index (χ0n) is 19.9. The first-order valence-electron chi connectivity index (χ1n) is 11.7. The zero-order valence-corrected chi connectivity index (χ0v) is 20.7. The van der Waals surface area contributed by atoms with Crippen molar-refractivity contribution in [2.45, 2.75) is 13.3 Å². The predicted octanol–water partition coefficient (Wildman–Crippen LogP) is 6.25. The number of thiazole rings is 1. The van der Waals surface area contributed by atoms with Crippen molar-refractivity contribution >= 4 is 38.8 Å². The van der Waals surface area contributed by atoms with Crippen LogP contribution in [0, 0.1) is 6.92 Å². The molecule has 178 valence electrons. The van der Waals surface area contributed by atoms with Crippen molar-refractivity contribution in [1.82, 2.24) is 14.3 Å². The van der Waals surface area contributed by atoms with Gasteiger partial charge in [-0.05, 0) is 35.9 Å². The van der Waals surface area contributed by atoms with E-state index in [1.807, 2.05) is 31.2 Å². The number of urea groups is 1. The lowest BCUT2D eigenvalue weighted by atomic mass is 10.1. The molecule has 6 nitrogen and oxygen atoms in total. The Hall–Kier alpha value is -3.68. The Bertz CT molecular complexity index is 1460. The van der Waals surface area contributed by atoms with Crippen LogP contribution in [0.25, 0.3) is 27.0 Å². The van der Waals surface area contributed by atoms with E-state index in [1.54, 1.807) is 23.3 Å². The number of aryl methyl sites for hydroxylation is 1. The number of aromatic nitrogens is 2. The summed E-state index contributed by atoms with van der Waals surface area (Å²) in [6, 6.07) is 22.5. The van der Waals surface area contributed by atoms with Crippen LogP contribution in [-0.4, -0.2) is 47.1 Å². The van der Waals surface area contributed by atoms with Crippen LogP contribution < -0.4 is 5.32 Å². The lowest BCUT2D eigenvalue weighted by Gasteiger charge is -2.22. The molecule has 0 saturated carbocycles. The molecule has 35 heavy (non-hydrogen) atoms. The van der Waals surface area contributed by atoms with Gasteiger partial charge in [0.1, 0.15) is 0 Å². The highest BCUT2D eigenvalue weighted by Gasteiger charge is 2.16. The minimum absolute atomic E-state index is 0.125. The van der Waals surface area contributed by atoms with Crippen molar-refractivity contribution in [2.24, 2.45) is 0 Å². The van der Waals surface area contributed by atoms with E-state index in [-0.39, 0.29) is 6.03 Å². The number of nitrogens with zero attached hydrogens (tertiary/aromatic N) is 3. The topological polar surface area (TPSA) is 58.9 Å². The maximum atomic E-state index is 13.0. The first-order chi connectivity index (χ1) is 17.1. The van der Waals surface area contributed by atoms with Gasteiger partial charge in [-0.15, -0.1) is 11.3 Å². The Balaban J connectivity index is 1.32.